The van der Waals surface area contributed by atoms with Gasteiger partial charge in [0.1, 0.15) is 5.15 Å². The third kappa shape index (κ3) is 1.99. The van der Waals surface area contributed by atoms with E-state index in [1.54, 1.807) is 12.3 Å². The van der Waals surface area contributed by atoms with Crippen LogP contribution in [0.2, 0.25) is 5.15 Å². The highest BCUT2D eigenvalue weighted by Gasteiger charge is 2.00. The van der Waals surface area contributed by atoms with E-state index in [0.717, 1.165) is 22.0 Å². The van der Waals surface area contributed by atoms with Crippen molar-refractivity contribution in [2.24, 2.45) is 0 Å². The average Bonchev–Trinajstić information content (AvgIpc) is 2.39. The Bertz CT molecular complexity index is 662. The van der Waals surface area contributed by atoms with Crippen LogP contribution in [-0.2, 0) is 0 Å². The van der Waals surface area contributed by atoms with Gasteiger partial charge in [0.25, 0.3) is 0 Å². The summed E-state index contributed by atoms with van der Waals surface area (Å²) in [7, 11) is 0. The first-order chi connectivity index (χ1) is 8.33. The van der Waals surface area contributed by atoms with Crippen LogP contribution < -0.4 is 0 Å². The van der Waals surface area contributed by atoms with Crippen LogP contribution in [0.15, 0.2) is 54.9 Å². The smallest absolute Gasteiger partial charge is 0.129 e. The molecule has 0 bridgehead atoms. The Balaban J connectivity index is 2.14. The third-order valence-corrected chi connectivity index (χ3v) is 2.87. The summed E-state index contributed by atoms with van der Waals surface area (Å²) in [5.74, 6) is 0. The molecule has 0 radical (unpaired) electrons. The van der Waals surface area contributed by atoms with Crippen LogP contribution in [0.1, 0.15) is 0 Å². The number of hydrogen-bond acceptors (Lipinski definition) is 2. The predicted molar refractivity (Wildman–Crippen MR) is 70.0 cm³/mol. The molecule has 0 unspecified atom stereocenters. The Morgan fingerprint density at radius 3 is 2.47 bits per heavy atom. The number of benzene rings is 1. The zero-order valence-electron chi connectivity index (χ0n) is 8.97. The van der Waals surface area contributed by atoms with E-state index >= 15 is 0 Å². The standard InChI is InChI=1S/C14H9ClN2/c15-14-6-5-11(8-17-14)12-7-10-3-1-2-4-13(10)16-9-12/h1-9H. The fraction of sp³-hybridized carbons (Fsp3) is 0. The molecule has 3 rings (SSSR count). The fourth-order valence-electron chi connectivity index (χ4n) is 1.78. The highest BCUT2D eigenvalue weighted by molar-refractivity contribution is 6.29. The van der Waals surface area contributed by atoms with E-state index < -0.39 is 0 Å². The molecule has 0 saturated heterocycles. The van der Waals surface area contributed by atoms with Gasteiger partial charge in [0, 0.05) is 28.9 Å². The van der Waals surface area contributed by atoms with Crippen LogP contribution in [0.5, 0.6) is 0 Å². The molecular formula is C14H9ClN2. The van der Waals surface area contributed by atoms with E-state index in [-0.39, 0.29) is 0 Å². The molecule has 0 fully saturated rings. The number of fused-ring (bicyclic) bond motifs is 1. The van der Waals surface area contributed by atoms with Crippen LogP contribution in [0.25, 0.3) is 22.0 Å². The van der Waals surface area contributed by atoms with E-state index in [1.807, 2.05) is 30.5 Å². The summed E-state index contributed by atoms with van der Waals surface area (Å²) in [5.41, 5.74) is 3.07. The topological polar surface area (TPSA) is 25.8 Å². The number of halogens is 1. The van der Waals surface area contributed by atoms with Crippen molar-refractivity contribution in [3.05, 3.63) is 60.0 Å². The maximum absolute atomic E-state index is 5.77. The van der Waals surface area contributed by atoms with Gasteiger partial charge in [-0.1, -0.05) is 29.8 Å². The van der Waals surface area contributed by atoms with Gasteiger partial charge in [-0.3, -0.25) is 4.98 Å². The molecule has 2 nitrogen and oxygen atoms in total. The van der Waals surface area contributed by atoms with Gasteiger partial charge in [-0.2, -0.15) is 0 Å². The van der Waals surface area contributed by atoms with Gasteiger partial charge in [0.05, 0.1) is 5.52 Å². The van der Waals surface area contributed by atoms with Crippen molar-refractivity contribution in [1.29, 1.82) is 0 Å². The minimum absolute atomic E-state index is 0.502. The molecule has 0 spiro atoms. The molecule has 1 aromatic carbocycles. The Morgan fingerprint density at radius 2 is 1.65 bits per heavy atom. The lowest BCUT2D eigenvalue weighted by molar-refractivity contribution is 1.32. The van der Waals surface area contributed by atoms with Crippen LogP contribution in [0.3, 0.4) is 0 Å². The van der Waals surface area contributed by atoms with E-state index in [1.165, 1.54) is 0 Å². The second kappa shape index (κ2) is 4.15. The van der Waals surface area contributed by atoms with Crippen LogP contribution in [0, 0.1) is 0 Å². The number of pyridine rings is 2. The van der Waals surface area contributed by atoms with Crippen LogP contribution in [-0.4, -0.2) is 9.97 Å². The van der Waals surface area contributed by atoms with Crippen molar-refractivity contribution >= 4 is 22.5 Å². The summed E-state index contributed by atoms with van der Waals surface area (Å²) >= 11 is 5.77. The Hall–Kier alpha value is -1.93. The monoisotopic (exact) mass is 240 g/mol. The first-order valence-corrected chi connectivity index (χ1v) is 5.67. The summed E-state index contributed by atoms with van der Waals surface area (Å²) in [6, 6.07) is 13.9. The summed E-state index contributed by atoms with van der Waals surface area (Å²) in [6.07, 6.45) is 3.61. The van der Waals surface area contributed by atoms with Gasteiger partial charge in [-0.15, -0.1) is 0 Å². The number of para-hydroxylation sites is 1. The molecule has 0 amide bonds. The van der Waals surface area contributed by atoms with Gasteiger partial charge in [-0.25, -0.2) is 4.98 Å². The highest BCUT2D eigenvalue weighted by atomic mass is 35.5. The summed E-state index contributed by atoms with van der Waals surface area (Å²) in [5, 5.41) is 1.63. The van der Waals surface area contributed by atoms with Gasteiger partial charge in [0.15, 0.2) is 0 Å². The summed E-state index contributed by atoms with van der Waals surface area (Å²) in [6.45, 7) is 0. The predicted octanol–water partition coefficient (Wildman–Crippen LogP) is 3.95. The second-order valence-electron chi connectivity index (χ2n) is 3.79. The number of aromatic nitrogens is 2. The number of rotatable bonds is 1. The van der Waals surface area contributed by atoms with Crippen molar-refractivity contribution in [3.8, 4) is 11.1 Å². The molecule has 2 aromatic heterocycles. The first kappa shape index (κ1) is 10.2. The Kier molecular flexibility index (Phi) is 2.50. The SMILES string of the molecule is Clc1ccc(-c2cnc3ccccc3c2)cn1. The van der Waals surface area contributed by atoms with Gasteiger partial charge < -0.3 is 0 Å². The molecule has 0 saturated carbocycles. The third-order valence-electron chi connectivity index (χ3n) is 2.65. The lowest BCUT2D eigenvalue weighted by Crippen LogP contribution is -1.84. The van der Waals surface area contributed by atoms with Crippen LogP contribution >= 0.6 is 11.6 Å². The molecular weight excluding hydrogens is 232 g/mol. The van der Waals surface area contributed by atoms with E-state index in [4.69, 9.17) is 11.6 Å². The molecule has 82 valence electrons. The van der Waals surface area contributed by atoms with E-state index in [2.05, 4.69) is 22.1 Å². The lowest BCUT2D eigenvalue weighted by atomic mass is 10.1. The average molecular weight is 241 g/mol. The van der Waals surface area contributed by atoms with Gasteiger partial charge in [-0.05, 0) is 24.3 Å². The minimum Gasteiger partial charge on any atom is -0.256 e. The van der Waals surface area contributed by atoms with Crippen LogP contribution in [0.4, 0.5) is 0 Å². The molecule has 0 atom stereocenters. The van der Waals surface area contributed by atoms with E-state index in [0.29, 0.717) is 5.15 Å². The quantitative estimate of drug-likeness (QED) is 0.602. The molecule has 0 aliphatic carbocycles. The normalized spacial score (nSPS) is 10.6. The Morgan fingerprint density at radius 1 is 0.824 bits per heavy atom. The van der Waals surface area contributed by atoms with Crippen molar-refractivity contribution < 1.29 is 0 Å². The molecule has 3 aromatic rings. The maximum atomic E-state index is 5.77. The Labute approximate surface area is 104 Å². The van der Waals surface area contributed by atoms with Crippen molar-refractivity contribution in [1.82, 2.24) is 9.97 Å². The summed E-state index contributed by atoms with van der Waals surface area (Å²) in [4.78, 5) is 8.49. The van der Waals surface area contributed by atoms with Crippen molar-refractivity contribution in [3.63, 3.8) is 0 Å². The largest absolute Gasteiger partial charge is 0.256 e. The minimum atomic E-state index is 0.502. The molecule has 0 aliphatic rings. The molecule has 17 heavy (non-hydrogen) atoms. The number of nitrogens with zero attached hydrogens (tertiary/aromatic N) is 2. The lowest BCUT2D eigenvalue weighted by Gasteiger charge is -2.02. The first-order valence-electron chi connectivity index (χ1n) is 5.30. The molecule has 0 aliphatic heterocycles. The summed E-state index contributed by atoms with van der Waals surface area (Å²) < 4.78 is 0. The molecule has 2 heterocycles. The zero-order chi connectivity index (χ0) is 11.7. The highest BCUT2D eigenvalue weighted by Crippen LogP contribution is 2.22. The fourth-order valence-corrected chi connectivity index (χ4v) is 1.89. The van der Waals surface area contributed by atoms with Gasteiger partial charge >= 0.3 is 0 Å². The second-order valence-corrected chi connectivity index (χ2v) is 4.17. The van der Waals surface area contributed by atoms with Gasteiger partial charge in [0.2, 0.25) is 0 Å². The number of hydrogen-bond donors (Lipinski definition) is 0. The molecule has 3 heteroatoms. The van der Waals surface area contributed by atoms with Crippen molar-refractivity contribution in [2.45, 2.75) is 0 Å². The van der Waals surface area contributed by atoms with Crippen molar-refractivity contribution in [2.75, 3.05) is 0 Å². The zero-order valence-corrected chi connectivity index (χ0v) is 9.72. The molecule has 0 N–H and O–H groups in total. The van der Waals surface area contributed by atoms with E-state index in [9.17, 15) is 0 Å². The maximum Gasteiger partial charge on any atom is 0.129 e.